The Bertz CT molecular complexity index is 290. The molecule has 2 saturated carbocycles. The Labute approximate surface area is 96.5 Å². The molecule has 3 rings (SSSR count). The second-order valence-electron chi connectivity index (χ2n) is 5.70. The molecule has 3 aliphatic rings. The number of nitrogens with zero attached hydrogens (tertiary/aromatic N) is 1. The number of hydrogen-bond donors (Lipinski definition) is 2. The molecule has 90 valence electrons. The average Bonchev–Trinajstić information content (AvgIpc) is 2.84. The number of nitrogens with two attached hydrogens (primary N) is 1. The van der Waals surface area contributed by atoms with Crippen LogP contribution in [-0.2, 0) is 4.79 Å². The van der Waals surface area contributed by atoms with Crippen molar-refractivity contribution >= 4 is 5.91 Å². The number of hydrogen-bond acceptors (Lipinski definition) is 3. The summed E-state index contributed by atoms with van der Waals surface area (Å²) in [7, 11) is 0. The van der Waals surface area contributed by atoms with Gasteiger partial charge in [-0.15, -0.1) is 0 Å². The Hall–Kier alpha value is -0.610. The van der Waals surface area contributed by atoms with Crippen LogP contribution in [0, 0.1) is 11.8 Å². The van der Waals surface area contributed by atoms with E-state index in [1.165, 1.54) is 25.7 Å². The first kappa shape index (κ1) is 10.5. The third kappa shape index (κ3) is 2.09. The number of likely N-dealkylation sites (tertiary alicyclic amines) is 1. The van der Waals surface area contributed by atoms with E-state index in [1.807, 2.05) is 0 Å². The number of rotatable bonds is 3. The van der Waals surface area contributed by atoms with Gasteiger partial charge >= 0.3 is 0 Å². The smallest absolute Gasteiger partial charge is 0.234 e. The molecular formula is C12H21N3O. The van der Waals surface area contributed by atoms with E-state index in [0.29, 0.717) is 24.5 Å². The zero-order chi connectivity index (χ0) is 11.1. The maximum Gasteiger partial charge on any atom is 0.234 e. The van der Waals surface area contributed by atoms with Gasteiger partial charge in [0.15, 0.2) is 0 Å². The van der Waals surface area contributed by atoms with Crippen LogP contribution in [0.25, 0.3) is 0 Å². The molecule has 1 heterocycles. The van der Waals surface area contributed by atoms with Crippen molar-refractivity contribution in [3.8, 4) is 0 Å². The summed E-state index contributed by atoms with van der Waals surface area (Å²) in [6.45, 7) is 2.69. The van der Waals surface area contributed by atoms with Crippen LogP contribution >= 0.6 is 0 Å². The summed E-state index contributed by atoms with van der Waals surface area (Å²) in [6.07, 6.45) is 4.77. The minimum absolute atomic E-state index is 0.205. The lowest BCUT2D eigenvalue weighted by atomic mass is 9.98. The number of carbonyl (C=O) groups is 1. The van der Waals surface area contributed by atoms with E-state index in [1.54, 1.807) is 0 Å². The number of fused-ring (bicyclic) bond motifs is 1. The highest BCUT2D eigenvalue weighted by Crippen LogP contribution is 2.36. The molecule has 0 spiro atoms. The minimum atomic E-state index is 0.205. The van der Waals surface area contributed by atoms with Crippen molar-refractivity contribution in [1.82, 2.24) is 10.2 Å². The first-order valence-electron chi connectivity index (χ1n) is 6.49. The van der Waals surface area contributed by atoms with Gasteiger partial charge in [0.1, 0.15) is 0 Å². The highest BCUT2D eigenvalue weighted by molar-refractivity contribution is 5.78. The largest absolute Gasteiger partial charge is 0.352 e. The monoisotopic (exact) mass is 223 g/mol. The minimum Gasteiger partial charge on any atom is -0.352 e. The van der Waals surface area contributed by atoms with Crippen LogP contribution in [0.3, 0.4) is 0 Å². The molecule has 3 fully saturated rings. The van der Waals surface area contributed by atoms with Gasteiger partial charge in [-0.3, -0.25) is 9.69 Å². The molecule has 3 atom stereocenters. The van der Waals surface area contributed by atoms with E-state index in [9.17, 15) is 4.79 Å². The molecule has 16 heavy (non-hydrogen) atoms. The van der Waals surface area contributed by atoms with Crippen molar-refractivity contribution in [2.24, 2.45) is 17.6 Å². The Balaban J connectivity index is 1.48. The maximum atomic E-state index is 11.7. The zero-order valence-corrected chi connectivity index (χ0v) is 9.69. The molecule has 4 nitrogen and oxygen atoms in total. The van der Waals surface area contributed by atoms with Gasteiger partial charge in [0.2, 0.25) is 5.91 Å². The van der Waals surface area contributed by atoms with Crippen molar-refractivity contribution in [2.75, 3.05) is 19.6 Å². The standard InChI is InChI=1S/C12H21N3O/c13-11-4-1-8-5-15(6-10(8)11)7-12(16)14-9-2-3-9/h8-11H,1-7,13H2,(H,14,16). The lowest BCUT2D eigenvalue weighted by Gasteiger charge is -2.17. The summed E-state index contributed by atoms with van der Waals surface area (Å²) in [4.78, 5) is 14.0. The lowest BCUT2D eigenvalue weighted by Crippen LogP contribution is -2.38. The highest BCUT2D eigenvalue weighted by atomic mass is 16.2. The van der Waals surface area contributed by atoms with Crippen LogP contribution in [0.4, 0.5) is 0 Å². The average molecular weight is 223 g/mol. The summed E-state index contributed by atoms with van der Waals surface area (Å²) >= 11 is 0. The Kier molecular flexibility index (Phi) is 2.64. The SMILES string of the molecule is NC1CCC2CN(CC(=O)NC3CC3)CC12. The van der Waals surface area contributed by atoms with Gasteiger partial charge in [0.25, 0.3) is 0 Å². The molecule has 1 saturated heterocycles. The quantitative estimate of drug-likeness (QED) is 0.704. The first-order valence-corrected chi connectivity index (χ1v) is 6.49. The van der Waals surface area contributed by atoms with Gasteiger partial charge in [-0.05, 0) is 37.5 Å². The molecule has 3 unspecified atom stereocenters. The zero-order valence-electron chi connectivity index (χ0n) is 9.69. The topological polar surface area (TPSA) is 58.4 Å². The van der Waals surface area contributed by atoms with Crippen LogP contribution in [0.1, 0.15) is 25.7 Å². The van der Waals surface area contributed by atoms with Crippen LogP contribution in [0.15, 0.2) is 0 Å². The van der Waals surface area contributed by atoms with Crippen molar-refractivity contribution in [1.29, 1.82) is 0 Å². The van der Waals surface area contributed by atoms with Gasteiger partial charge in [-0.2, -0.15) is 0 Å². The first-order chi connectivity index (χ1) is 7.72. The van der Waals surface area contributed by atoms with Gasteiger partial charge in [-0.25, -0.2) is 0 Å². The highest BCUT2D eigenvalue weighted by Gasteiger charge is 2.41. The molecule has 1 amide bonds. The summed E-state index contributed by atoms with van der Waals surface area (Å²) in [5.41, 5.74) is 6.08. The van der Waals surface area contributed by atoms with E-state index >= 15 is 0 Å². The van der Waals surface area contributed by atoms with Crippen molar-refractivity contribution in [2.45, 2.75) is 37.8 Å². The molecule has 2 aliphatic carbocycles. The van der Waals surface area contributed by atoms with E-state index in [4.69, 9.17) is 5.73 Å². The van der Waals surface area contributed by atoms with E-state index in [-0.39, 0.29) is 5.91 Å². The predicted molar refractivity (Wildman–Crippen MR) is 61.8 cm³/mol. The summed E-state index contributed by atoms with van der Waals surface area (Å²) in [5.74, 6) is 1.61. The predicted octanol–water partition coefficient (Wildman–Crippen LogP) is -0.0659. The van der Waals surface area contributed by atoms with E-state index in [0.717, 1.165) is 19.0 Å². The number of amides is 1. The molecule has 0 aromatic rings. The van der Waals surface area contributed by atoms with E-state index in [2.05, 4.69) is 10.2 Å². The molecule has 0 radical (unpaired) electrons. The van der Waals surface area contributed by atoms with Crippen LogP contribution in [-0.4, -0.2) is 42.5 Å². The van der Waals surface area contributed by atoms with Gasteiger partial charge < -0.3 is 11.1 Å². The van der Waals surface area contributed by atoms with Crippen LogP contribution in [0.2, 0.25) is 0 Å². The second kappa shape index (κ2) is 4.00. The lowest BCUT2D eigenvalue weighted by molar-refractivity contribution is -0.122. The Morgan fingerprint density at radius 1 is 1.25 bits per heavy atom. The fourth-order valence-corrected chi connectivity index (χ4v) is 3.23. The molecule has 0 bridgehead atoms. The van der Waals surface area contributed by atoms with Crippen LogP contribution in [0.5, 0.6) is 0 Å². The van der Waals surface area contributed by atoms with Gasteiger partial charge in [-0.1, -0.05) is 0 Å². The summed E-state index contributed by atoms with van der Waals surface area (Å²) < 4.78 is 0. The van der Waals surface area contributed by atoms with Gasteiger partial charge in [0.05, 0.1) is 6.54 Å². The Morgan fingerprint density at radius 3 is 2.75 bits per heavy atom. The fraction of sp³-hybridized carbons (Fsp3) is 0.917. The van der Waals surface area contributed by atoms with E-state index < -0.39 is 0 Å². The summed E-state index contributed by atoms with van der Waals surface area (Å²) in [6, 6.07) is 0.860. The Morgan fingerprint density at radius 2 is 2.06 bits per heavy atom. The second-order valence-corrected chi connectivity index (χ2v) is 5.70. The van der Waals surface area contributed by atoms with Crippen molar-refractivity contribution in [3.63, 3.8) is 0 Å². The third-order valence-electron chi connectivity index (χ3n) is 4.30. The molecule has 3 N–H and O–H groups in total. The fourth-order valence-electron chi connectivity index (χ4n) is 3.23. The molecule has 1 aliphatic heterocycles. The third-order valence-corrected chi connectivity index (χ3v) is 4.30. The van der Waals surface area contributed by atoms with Gasteiger partial charge in [0, 0.05) is 25.2 Å². The van der Waals surface area contributed by atoms with Crippen molar-refractivity contribution < 1.29 is 4.79 Å². The molecule has 0 aromatic carbocycles. The van der Waals surface area contributed by atoms with Crippen LogP contribution < -0.4 is 11.1 Å². The number of nitrogens with one attached hydrogen (secondary N) is 1. The maximum absolute atomic E-state index is 11.7. The summed E-state index contributed by atoms with van der Waals surface area (Å²) in [5, 5.41) is 3.05. The molecule has 0 aromatic heterocycles. The molecule has 4 heteroatoms. The van der Waals surface area contributed by atoms with Crippen molar-refractivity contribution in [3.05, 3.63) is 0 Å². The number of carbonyl (C=O) groups excluding carboxylic acids is 1. The molecular weight excluding hydrogens is 202 g/mol. The normalized spacial score (nSPS) is 38.7.